The smallest absolute Gasteiger partial charge is 0.261 e. The largest absolute Gasteiger partial charge is 0.332 e. The van der Waals surface area contributed by atoms with Crippen LogP contribution in [0, 0.1) is 0 Å². The topological polar surface area (TPSA) is 58.4 Å². The summed E-state index contributed by atoms with van der Waals surface area (Å²) < 4.78 is 1.73. The Morgan fingerprint density at radius 1 is 1.19 bits per heavy atom. The van der Waals surface area contributed by atoms with E-state index in [1.54, 1.807) is 4.57 Å². The summed E-state index contributed by atoms with van der Waals surface area (Å²) in [4.78, 5) is 34.2. The third-order valence-electron chi connectivity index (χ3n) is 4.59. The zero-order valence-electron chi connectivity index (χ0n) is 16.5. The summed E-state index contributed by atoms with van der Waals surface area (Å²) in [5, 5.41) is 0.624. The van der Waals surface area contributed by atoms with E-state index in [2.05, 4.69) is 4.90 Å². The molecule has 1 aromatic carbocycles. The van der Waals surface area contributed by atoms with Crippen molar-refractivity contribution in [2.45, 2.75) is 46.2 Å². The Labute approximate surface area is 155 Å². The molecule has 2 aromatic rings. The summed E-state index contributed by atoms with van der Waals surface area (Å²) in [6, 6.07) is 7.15. The number of amides is 1. The standard InChI is InChI=1S/C20H30N4O2/c1-6-12-24-19(21-17-11-9-8-10-16(17)20(24)26)15(3)23(18(25)7-2)14-13-22(4)5/h8-11,15H,6-7,12-14H2,1-5H3. The Balaban J connectivity index is 2.55. The van der Waals surface area contributed by atoms with Gasteiger partial charge >= 0.3 is 0 Å². The number of rotatable bonds is 8. The molecular formula is C20H30N4O2. The van der Waals surface area contributed by atoms with E-state index in [-0.39, 0.29) is 17.5 Å². The molecule has 1 heterocycles. The highest BCUT2D eigenvalue weighted by Crippen LogP contribution is 2.21. The lowest BCUT2D eigenvalue weighted by molar-refractivity contribution is -0.133. The van der Waals surface area contributed by atoms with Crippen molar-refractivity contribution < 1.29 is 4.79 Å². The maximum absolute atomic E-state index is 13.0. The van der Waals surface area contributed by atoms with Crippen LogP contribution in [-0.2, 0) is 11.3 Å². The summed E-state index contributed by atoms with van der Waals surface area (Å²) in [6.07, 6.45) is 1.27. The maximum Gasteiger partial charge on any atom is 0.261 e. The van der Waals surface area contributed by atoms with Crippen molar-refractivity contribution in [1.82, 2.24) is 19.4 Å². The summed E-state index contributed by atoms with van der Waals surface area (Å²) in [6.45, 7) is 7.84. The monoisotopic (exact) mass is 358 g/mol. The van der Waals surface area contributed by atoms with Crippen LogP contribution < -0.4 is 5.56 Å². The normalized spacial score (nSPS) is 12.5. The minimum Gasteiger partial charge on any atom is -0.332 e. The van der Waals surface area contributed by atoms with Gasteiger partial charge in [-0.1, -0.05) is 26.0 Å². The number of aromatic nitrogens is 2. The van der Waals surface area contributed by atoms with Crippen molar-refractivity contribution in [2.75, 3.05) is 27.2 Å². The summed E-state index contributed by atoms with van der Waals surface area (Å²) >= 11 is 0. The van der Waals surface area contributed by atoms with Gasteiger partial charge in [-0.2, -0.15) is 0 Å². The predicted octanol–water partition coefficient (Wildman–Crippen LogP) is 2.67. The molecule has 0 radical (unpaired) electrons. The van der Waals surface area contributed by atoms with Gasteiger partial charge in [0, 0.05) is 26.1 Å². The van der Waals surface area contributed by atoms with E-state index in [9.17, 15) is 9.59 Å². The molecule has 6 heteroatoms. The highest BCUT2D eigenvalue weighted by Gasteiger charge is 2.25. The fraction of sp³-hybridized carbons (Fsp3) is 0.550. The van der Waals surface area contributed by atoms with Crippen molar-refractivity contribution >= 4 is 16.8 Å². The molecule has 6 nitrogen and oxygen atoms in total. The van der Waals surface area contributed by atoms with Gasteiger partial charge in [0.15, 0.2) is 0 Å². The van der Waals surface area contributed by atoms with E-state index in [0.717, 1.165) is 13.0 Å². The van der Waals surface area contributed by atoms with Crippen LogP contribution in [-0.4, -0.2) is 52.4 Å². The van der Waals surface area contributed by atoms with Crippen molar-refractivity contribution in [3.8, 4) is 0 Å². The Kier molecular flexibility index (Phi) is 6.91. The number of carbonyl (C=O) groups is 1. The molecule has 1 aromatic heterocycles. The van der Waals surface area contributed by atoms with E-state index >= 15 is 0 Å². The minimum atomic E-state index is -0.258. The molecule has 26 heavy (non-hydrogen) atoms. The fourth-order valence-electron chi connectivity index (χ4n) is 3.13. The number of hydrogen-bond donors (Lipinski definition) is 0. The van der Waals surface area contributed by atoms with Gasteiger partial charge in [-0.3, -0.25) is 14.2 Å². The first-order valence-corrected chi connectivity index (χ1v) is 9.34. The lowest BCUT2D eigenvalue weighted by atomic mass is 10.2. The molecule has 0 saturated carbocycles. The molecule has 0 bridgehead atoms. The maximum atomic E-state index is 13.0. The molecule has 1 atom stereocenters. The van der Waals surface area contributed by atoms with Crippen LogP contribution in [0.4, 0.5) is 0 Å². The number of fused-ring (bicyclic) bond motifs is 1. The molecule has 1 amide bonds. The predicted molar refractivity (Wildman–Crippen MR) is 105 cm³/mol. The molecule has 0 fully saturated rings. The first-order chi connectivity index (χ1) is 12.4. The molecular weight excluding hydrogens is 328 g/mol. The van der Waals surface area contributed by atoms with Crippen molar-refractivity contribution in [1.29, 1.82) is 0 Å². The highest BCUT2D eigenvalue weighted by atomic mass is 16.2. The number of carbonyl (C=O) groups excluding carboxylic acids is 1. The van der Waals surface area contributed by atoms with Gasteiger partial charge in [-0.15, -0.1) is 0 Å². The molecule has 0 spiro atoms. The summed E-state index contributed by atoms with van der Waals surface area (Å²) in [7, 11) is 3.97. The fourth-order valence-corrected chi connectivity index (χ4v) is 3.13. The van der Waals surface area contributed by atoms with Crippen LogP contribution >= 0.6 is 0 Å². The molecule has 1 unspecified atom stereocenters. The van der Waals surface area contributed by atoms with Crippen LogP contribution in [0.1, 0.15) is 45.5 Å². The van der Waals surface area contributed by atoms with E-state index in [1.165, 1.54) is 0 Å². The zero-order valence-corrected chi connectivity index (χ0v) is 16.5. The van der Waals surface area contributed by atoms with E-state index in [0.29, 0.717) is 36.2 Å². The van der Waals surface area contributed by atoms with Crippen LogP contribution in [0.15, 0.2) is 29.1 Å². The van der Waals surface area contributed by atoms with Gasteiger partial charge in [-0.25, -0.2) is 4.98 Å². The Morgan fingerprint density at radius 3 is 2.50 bits per heavy atom. The zero-order chi connectivity index (χ0) is 19.3. The lowest BCUT2D eigenvalue weighted by Gasteiger charge is -2.31. The highest BCUT2D eigenvalue weighted by molar-refractivity contribution is 5.78. The van der Waals surface area contributed by atoms with Crippen LogP contribution in [0.3, 0.4) is 0 Å². The van der Waals surface area contributed by atoms with Gasteiger partial charge in [0.05, 0.1) is 16.9 Å². The average molecular weight is 358 g/mol. The quantitative estimate of drug-likeness (QED) is 0.728. The second-order valence-electron chi connectivity index (χ2n) is 6.86. The molecule has 142 valence electrons. The van der Waals surface area contributed by atoms with Crippen molar-refractivity contribution in [2.24, 2.45) is 0 Å². The second-order valence-corrected chi connectivity index (χ2v) is 6.86. The van der Waals surface area contributed by atoms with Crippen LogP contribution in [0.25, 0.3) is 10.9 Å². The van der Waals surface area contributed by atoms with Gasteiger partial charge < -0.3 is 9.80 Å². The first-order valence-electron chi connectivity index (χ1n) is 9.34. The van der Waals surface area contributed by atoms with Gasteiger partial charge in [-0.05, 0) is 39.6 Å². The molecule has 0 saturated heterocycles. The van der Waals surface area contributed by atoms with Crippen LogP contribution in [0.2, 0.25) is 0 Å². The Hall–Kier alpha value is -2.21. The average Bonchev–Trinajstić information content (AvgIpc) is 2.63. The number of nitrogens with zero attached hydrogens (tertiary/aromatic N) is 4. The number of para-hydroxylation sites is 1. The molecule has 0 aliphatic heterocycles. The SMILES string of the molecule is CCCn1c(C(C)N(CCN(C)C)C(=O)CC)nc2ccccc2c1=O. The number of benzene rings is 1. The lowest BCUT2D eigenvalue weighted by Crippen LogP contribution is -2.40. The Bertz CT molecular complexity index is 813. The van der Waals surface area contributed by atoms with Gasteiger partial charge in [0.1, 0.15) is 5.82 Å². The molecule has 0 aliphatic carbocycles. The molecule has 0 N–H and O–H groups in total. The number of likely N-dealkylation sites (N-methyl/N-ethyl adjacent to an activating group) is 1. The Morgan fingerprint density at radius 2 is 1.88 bits per heavy atom. The van der Waals surface area contributed by atoms with Crippen LogP contribution in [0.5, 0.6) is 0 Å². The number of hydrogen-bond acceptors (Lipinski definition) is 4. The van der Waals surface area contributed by atoms with Gasteiger partial charge in [0.25, 0.3) is 5.56 Å². The minimum absolute atomic E-state index is 0.0317. The van der Waals surface area contributed by atoms with Crippen molar-refractivity contribution in [3.63, 3.8) is 0 Å². The first kappa shape index (κ1) is 20.1. The molecule has 0 aliphatic rings. The van der Waals surface area contributed by atoms with Gasteiger partial charge in [0.2, 0.25) is 5.91 Å². The van der Waals surface area contributed by atoms with E-state index < -0.39 is 0 Å². The summed E-state index contributed by atoms with van der Waals surface area (Å²) in [5.74, 6) is 0.737. The molecule has 2 rings (SSSR count). The third kappa shape index (κ3) is 4.30. The van der Waals surface area contributed by atoms with E-state index in [4.69, 9.17) is 4.98 Å². The van der Waals surface area contributed by atoms with Crippen molar-refractivity contribution in [3.05, 3.63) is 40.4 Å². The summed E-state index contributed by atoms with van der Waals surface area (Å²) in [5.41, 5.74) is 0.652. The van der Waals surface area contributed by atoms with E-state index in [1.807, 2.05) is 64.0 Å². The third-order valence-corrected chi connectivity index (χ3v) is 4.59. The second kappa shape index (κ2) is 8.94.